The van der Waals surface area contributed by atoms with Crippen LogP contribution in [0, 0.1) is 0 Å². The molecule has 0 aliphatic carbocycles. The molecule has 0 fully saturated rings. The molecule has 0 heterocycles. The molecule has 0 rings (SSSR count). The van der Waals surface area contributed by atoms with Crippen LogP contribution in [0.25, 0.3) is 0 Å². The van der Waals surface area contributed by atoms with Crippen LogP contribution in [0.4, 0.5) is 0 Å². The Morgan fingerprint density at radius 3 is 1.50 bits per heavy atom. The average molecular weight is 715 g/mol. The monoisotopic (exact) mass is 714 g/mol. The summed E-state index contributed by atoms with van der Waals surface area (Å²) in [7, 11) is 0. The third-order valence-corrected chi connectivity index (χ3v) is 7.47. The lowest BCUT2D eigenvalue weighted by molar-refractivity contribution is -0.313. The minimum absolute atomic E-state index is 0.0405. The number of carbonyl (C=O) groups is 6. The van der Waals surface area contributed by atoms with Gasteiger partial charge in [0.15, 0.2) is 0 Å². The van der Waals surface area contributed by atoms with E-state index in [9.17, 15) is 39.0 Å². The third kappa shape index (κ3) is 17.5. The summed E-state index contributed by atoms with van der Waals surface area (Å²) in [5.41, 5.74) is 0. The number of hydrogen-bond acceptors (Lipinski definition) is 12. The molecule has 0 saturated heterocycles. The zero-order valence-electron chi connectivity index (χ0n) is 24.0. The number of aliphatic carboxylic acids is 5. The van der Waals surface area contributed by atoms with Gasteiger partial charge in [-0.15, -0.1) is 0 Å². The molecule has 0 bridgehead atoms. The fraction of sp³-hybridized carbons (Fsp3) is 0.769. The van der Waals surface area contributed by atoms with Crippen molar-refractivity contribution in [3.8, 4) is 0 Å². The molecule has 3 unspecified atom stereocenters. The Kier molecular flexibility index (Phi) is 21.8. The Balaban J connectivity index is 5.86. The summed E-state index contributed by atoms with van der Waals surface area (Å²) in [6, 6.07) is -2.86. The van der Waals surface area contributed by atoms with Crippen molar-refractivity contribution in [3.05, 3.63) is 0 Å². The number of carbonyl (C=O) groups excluding carboxylic acids is 3. The van der Waals surface area contributed by atoms with Gasteiger partial charge in [-0.05, 0) is 45.1 Å². The Labute approximate surface area is 259 Å². The summed E-state index contributed by atoms with van der Waals surface area (Å²) < 4.78 is 2.91. The minimum Gasteiger partial charge on any atom is -0.548 e. The minimum atomic E-state index is -1.36. The van der Waals surface area contributed by atoms with E-state index in [4.69, 9.17) is 15.3 Å². The van der Waals surface area contributed by atoms with Crippen molar-refractivity contribution in [2.75, 3.05) is 45.8 Å². The van der Waals surface area contributed by atoms with E-state index in [1.165, 1.54) is 0 Å². The van der Waals surface area contributed by atoms with Gasteiger partial charge >= 0.3 is 17.9 Å². The molecule has 16 heteroatoms. The van der Waals surface area contributed by atoms with Gasteiger partial charge in [-0.2, -0.15) is 0 Å². The van der Waals surface area contributed by atoms with Crippen LogP contribution in [-0.2, 0) is 28.8 Å². The van der Waals surface area contributed by atoms with Crippen LogP contribution in [0.2, 0.25) is 0 Å². The number of nitrogens with zero attached hydrogens (tertiary/aromatic N) is 3. The lowest BCUT2D eigenvalue weighted by Crippen LogP contribution is -2.54. The lowest BCUT2D eigenvalue weighted by atomic mass is 10.1. The highest BCUT2D eigenvalue weighted by atomic mass is 127. The Hall–Kier alpha value is -2.41. The van der Waals surface area contributed by atoms with Crippen LogP contribution in [0.3, 0.4) is 0 Å². The Morgan fingerprint density at radius 2 is 1.12 bits per heavy atom. The van der Waals surface area contributed by atoms with Crippen molar-refractivity contribution in [2.45, 2.75) is 82.8 Å². The molecule has 15 nitrogen and oxygen atoms in total. The molecule has 0 aliphatic rings. The first-order valence-corrected chi connectivity index (χ1v) is 15.0. The number of halogens is 1. The van der Waals surface area contributed by atoms with Crippen LogP contribution in [-0.4, -0.2) is 130 Å². The van der Waals surface area contributed by atoms with Gasteiger partial charge in [0.25, 0.3) is 0 Å². The van der Waals surface area contributed by atoms with Crippen molar-refractivity contribution in [2.24, 2.45) is 0 Å². The molecule has 0 aliphatic heterocycles. The molecule has 3 atom stereocenters. The second-order valence-electron chi connectivity index (χ2n) is 9.82. The standard InChI is InChI=1S/C26H45IN4O11/c1-2-29(20(25(39)40)7-4-10-23(35)36)14-15-30(19(18-32)6-3-9-22(33)34)16-17-31(13-12-28-27)21(26(41)42)8-5-11-24(37)38/h18-21,28H,2-17H2,1H3,(H,33,34)(H,35,36)(H,37,38)(H,39,40)(H,41,42)/p-2. The van der Waals surface area contributed by atoms with E-state index < -0.39 is 48.0 Å². The maximum absolute atomic E-state index is 12.1. The summed E-state index contributed by atoms with van der Waals surface area (Å²) >= 11 is 1.91. The van der Waals surface area contributed by atoms with Crippen molar-refractivity contribution in [3.63, 3.8) is 0 Å². The van der Waals surface area contributed by atoms with Crippen molar-refractivity contribution in [1.29, 1.82) is 0 Å². The largest absolute Gasteiger partial charge is 0.548 e. The van der Waals surface area contributed by atoms with Crippen LogP contribution >= 0.6 is 22.9 Å². The first kappa shape index (κ1) is 39.6. The molecule has 0 saturated carbocycles. The summed E-state index contributed by atoms with van der Waals surface area (Å²) in [4.78, 5) is 73.8. The molecule has 0 aromatic carbocycles. The number of hydrogen-bond donors (Lipinski definition) is 4. The SMILES string of the molecule is CCN(CCN(CCN(CCNI)C(CCCC(=O)O)C(=O)[O-])C(C=O)CCCC(=O)O)C(CCCC(=O)O)C(=O)[O-]. The molecule has 0 amide bonds. The van der Waals surface area contributed by atoms with Crippen molar-refractivity contribution < 1.29 is 54.3 Å². The smallest absolute Gasteiger partial charge is 0.303 e. The number of carboxylic acids is 5. The highest BCUT2D eigenvalue weighted by molar-refractivity contribution is 14.1. The van der Waals surface area contributed by atoms with Gasteiger partial charge in [-0.1, -0.05) is 6.92 Å². The van der Waals surface area contributed by atoms with Gasteiger partial charge in [0.05, 0.1) is 18.0 Å². The van der Waals surface area contributed by atoms with E-state index in [2.05, 4.69) is 3.53 Å². The predicted octanol–water partition coefficient (Wildman–Crippen LogP) is -1.58. The second-order valence-corrected chi connectivity index (χ2v) is 10.6. The summed E-state index contributed by atoms with van der Waals surface area (Å²) in [5, 5.41) is 50.7. The van der Waals surface area contributed by atoms with Crippen LogP contribution in [0.1, 0.15) is 64.7 Å². The quantitative estimate of drug-likeness (QED) is 0.0407. The first-order chi connectivity index (χ1) is 19.9. The fourth-order valence-electron chi connectivity index (χ4n) is 4.69. The van der Waals surface area contributed by atoms with E-state index >= 15 is 0 Å². The normalized spacial score (nSPS) is 13.6. The molecule has 4 N–H and O–H groups in total. The number of aldehydes is 1. The van der Waals surface area contributed by atoms with Crippen LogP contribution in [0.15, 0.2) is 0 Å². The summed E-state index contributed by atoms with van der Waals surface area (Å²) in [6.45, 7) is 3.41. The average Bonchev–Trinajstić information content (AvgIpc) is 2.91. The zero-order valence-corrected chi connectivity index (χ0v) is 26.1. The highest BCUT2D eigenvalue weighted by Gasteiger charge is 2.25. The third-order valence-electron chi connectivity index (χ3n) is 6.93. The maximum Gasteiger partial charge on any atom is 0.303 e. The van der Waals surface area contributed by atoms with Crippen LogP contribution in [0.5, 0.6) is 0 Å². The van der Waals surface area contributed by atoms with Gasteiger partial charge in [-0.25, -0.2) is 0 Å². The molecular weight excluding hydrogens is 671 g/mol. The van der Waals surface area contributed by atoms with Gasteiger partial charge in [0, 0.05) is 93.5 Å². The van der Waals surface area contributed by atoms with E-state index in [0.717, 1.165) is 0 Å². The summed E-state index contributed by atoms with van der Waals surface area (Å²) in [6.07, 6.45) is 0.897. The molecule has 0 aromatic heterocycles. The zero-order chi connectivity index (χ0) is 32.1. The summed E-state index contributed by atoms with van der Waals surface area (Å²) in [5.74, 6) is -5.82. The van der Waals surface area contributed by atoms with Gasteiger partial charge in [0.2, 0.25) is 0 Å². The van der Waals surface area contributed by atoms with Gasteiger partial charge in [0.1, 0.15) is 6.29 Å². The number of likely N-dealkylation sites (N-methyl/N-ethyl adjacent to an activating group) is 1. The van der Waals surface area contributed by atoms with Gasteiger partial charge < -0.3 is 39.9 Å². The maximum atomic E-state index is 12.1. The predicted molar refractivity (Wildman–Crippen MR) is 154 cm³/mol. The Morgan fingerprint density at radius 1 is 0.714 bits per heavy atom. The lowest BCUT2D eigenvalue weighted by Gasteiger charge is -2.37. The molecular formula is C26H43IN4O11-2. The van der Waals surface area contributed by atoms with E-state index in [1.54, 1.807) is 21.6 Å². The second kappa shape index (κ2) is 23.1. The molecule has 42 heavy (non-hydrogen) atoms. The fourth-order valence-corrected chi connectivity index (χ4v) is 4.93. The van der Waals surface area contributed by atoms with Crippen molar-refractivity contribution in [1.82, 2.24) is 18.2 Å². The van der Waals surface area contributed by atoms with E-state index in [-0.39, 0.29) is 90.5 Å². The molecule has 0 radical (unpaired) electrons. The number of carboxylic acid groups (broad SMARTS) is 5. The van der Waals surface area contributed by atoms with Crippen molar-refractivity contribution >= 4 is 59.0 Å². The number of rotatable bonds is 28. The molecule has 0 aromatic rings. The Bertz CT molecular complexity index is 864. The topological polar surface area (TPSA) is 231 Å². The van der Waals surface area contributed by atoms with E-state index in [0.29, 0.717) is 19.4 Å². The highest BCUT2D eigenvalue weighted by Crippen LogP contribution is 2.14. The molecule has 242 valence electrons. The van der Waals surface area contributed by atoms with Crippen LogP contribution < -0.4 is 13.7 Å². The van der Waals surface area contributed by atoms with E-state index in [1.807, 2.05) is 22.9 Å². The first-order valence-electron chi connectivity index (χ1n) is 14.0. The van der Waals surface area contributed by atoms with Gasteiger partial charge in [-0.3, -0.25) is 32.6 Å². The molecule has 0 spiro atoms. The number of nitrogens with one attached hydrogen (secondary N) is 1.